The lowest BCUT2D eigenvalue weighted by Gasteiger charge is -2.21. The molecular formula is C18H19NO5. The van der Waals surface area contributed by atoms with Crippen molar-refractivity contribution >= 4 is 22.5 Å². The molecule has 0 saturated carbocycles. The highest BCUT2D eigenvalue weighted by molar-refractivity contribution is 5.99. The first kappa shape index (κ1) is 17.6. The summed E-state index contributed by atoms with van der Waals surface area (Å²) in [5.41, 5.74) is 0.582. The molecule has 0 aromatic heterocycles. The second-order valence-corrected chi connectivity index (χ2v) is 5.57. The summed E-state index contributed by atoms with van der Waals surface area (Å²) in [6.07, 6.45) is 0. The van der Waals surface area contributed by atoms with Gasteiger partial charge in [-0.3, -0.25) is 19.7 Å². The van der Waals surface area contributed by atoms with Crippen LogP contribution in [0.4, 0.5) is 0 Å². The zero-order valence-corrected chi connectivity index (χ0v) is 13.6. The lowest BCUT2D eigenvalue weighted by molar-refractivity contribution is -0.484. The van der Waals surface area contributed by atoms with Crippen LogP contribution in [-0.4, -0.2) is 29.8 Å². The molecular weight excluding hydrogens is 310 g/mol. The number of carbonyl (C=O) groups excluding carboxylic acids is 2. The van der Waals surface area contributed by atoms with Crippen molar-refractivity contribution in [2.24, 2.45) is 5.92 Å². The van der Waals surface area contributed by atoms with E-state index in [4.69, 9.17) is 4.74 Å². The van der Waals surface area contributed by atoms with Crippen LogP contribution in [0.5, 0.6) is 0 Å². The number of esters is 1. The Morgan fingerprint density at radius 3 is 2.42 bits per heavy atom. The second kappa shape index (κ2) is 7.68. The van der Waals surface area contributed by atoms with Gasteiger partial charge in [-0.25, -0.2) is 0 Å². The van der Waals surface area contributed by atoms with Crippen LogP contribution in [-0.2, 0) is 14.3 Å². The molecule has 0 N–H and O–H groups in total. The van der Waals surface area contributed by atoms with Crippen molar-refractivity contribution in [3.05, 3.63) is 58.1 Å². The SMILES string of the molecule is CCOC(=O)C(C(C)=O)C(C[N+](=O)[O-])c1ccc2ccccc2c1. The molecule has 0 aliphatic rings. The number of Topliss-reactive ketones (excluding diaryl/α,β-unsaturated/α-hetero) is 1. The third kappa shape index (κ3) is 3.95. The number of carbonyl (C=O) groups is 2. The molecule has 0 radical (unpaired) electrons. The van der Waals surface area contributed by atoms with Gasteiger partial charge in [0.05, 0.1) is 12.5 Å². The van der Waals surface area contributed by atoms with Crippen LogP contribution in [0.25, 0.3) is 10.8 Å². The third-order valence-corrected chi connectivity index (χ3v) is 3.93. The van der Waals surface area contributed by atoms with E-state index in [-0.39, 0.29) is 6.61 Å². The van der Waals surface area contributed by atoms with E-state index in [0.717, 1.165) is 10.8 Å². The van der Waals surface area contributed by atoms with Gasteiger partial charge in [0.15, 0.2) is 0 Å². The molecule has 2 aromatic carbocycles. The van der Waals surface area contributed by atoms with Gasteiger partial charge in [0.1, 0.15) is 11.7 Å². The number of nitro groups is 1. The lowest BCUT2D eigenvalue weighted by atomic mass is 9.83. The fourth-order valence-electron chi connectivity index (χ4n) is 2.85. The average molecular weight is 329 g/mol. The Kier molecular flexibility index (Phi) is 5.63. The highest BCUT2D eigenvalue weighted by Crippen LogP contribution is 2.30. The number of ether oxygens (including phenoxy) is 1. The van der Waals surface area contributed by atoms with Gasteiger partial charge in [0.2, 0.25) is 6.54 Å². The predicted octanol–water partition coefficient (Wildman–Crippen LogP) is 2.97. The molecule has 2 atom stereocenters. The largest absolute Gasteiger partial charge is 0.465 e. The Morgan fingerprint density at radius 1 is 1.17 bits per heavy atom. The molecule has 6 nitrogen and oxygen atoms in total. The molecule has 0 bridgehead atoms. The summed E-state index contributed by atoms with van der Waals surface area (Å²) in [7, 11) is 0. The summed E-state index contributed by atoms with van der Waals surface area (Å²) in [6.45, 7) is 2.50. The molecule has 0 fully saturated rings. The first-order chi connectivity index (χ1) is 11.4. The standard InChI is InChI=1S/C18H19NO5/c1-3-24-18(21)17(12(2)20)16(11-19(22)23)15-9-8-13-6-4-5-7-14(13)10-15/h4-10,16-17H,3,11H2,1-2H3. The van der Waals surface area contributed by atoms with Crippen molar-refractivity contribution in [3.63, 3.8) is 0 Å². The van der Waals surface area contributed by atoms with Gasteiger partial charge in [-0.05, 0) is 30.2 Å². The highest BCUT2D eigenvalue weighted by Gasteiger charge is 2.38. The monoisotopic (exact) mass is 329 g/mol. The van der Waals surface area contributed by atoms with Crippen LogP contribution in [0.1, 0.15) is 25.3 Å². The van der Waals surface area contributed by atoms with Crippen molar-refractivity contribution in [1.82, 2.24) is 0 Å². The van der Waals surface area contributed by atoms with Crippen LogP contribution in [0.3, 0.4) is 0 Å². The molecule has 126 valence electrons. The van der Waals surface area contributed by atoms with Gasteiger partial charge in [-0.15, -0.1) is 0 Å². The number of hydrogen-bond acceptors (Lipinski definition) is 5. The van der Waals surface area contributed by atoms with E-state index in [1.807, 2.05) is 30.3 Å². The highest BCUT2D eigenvalue weighted by atomic mass is 16.6. The third-order valence-electron chi connectivity index (χ3n) is 3.93. The van der Waals surface area contributed by atoms with E-state index in [1.165, 1.54) is 6.92 Å². The Bertz CT molecular complexity index is 771. The lowest BCUT2D eigenvalue weighted by Crippen LogP contribution is -2.34. The van der Waals surface area contributed by atoms with Crippen molar-refractivity contribution in [2.75, 3.05) is 13.2 Å². The van der Waals surface area contributed by atoms with Crippen LogP contribution >= 0.6 is 0 Å². The van der Waals surface area contributed by atoms with E-state index in [0.29, 0.717) is 5.56 Å². The van der Waals surface area contributed by atoms with E-state index in [9.17, 15) is 19.7 Å². The maximum Gasteiger partial charge on any atom is 0.317 e. The fourth-order valence-corrected chi connectivity index (χ4v) is 2.85. The summed E-state index contributed by atoms with van der Waals surface area (Å²) >= 11 is 0. The minimum absolute atomic E-state index is 0.117. The maximum absolute atomic E-state index is 12.2. The number of nitrogens with zero attached hydrogens (tertiary/aromatic N) is 1. The molecule has 2 rings (SSSR count). The fraction of sp³-hybridized carbons (Fsp3) is 0.333. The Balaban J connectivity index is 2.50. The zero-order chi connectivity index (χ0) is 17.7. The van der Waals surface area contributed by atoms with Gasteiger partial charge in [0, 0.05) is 4.92 Å². The normalized spacial score (nSPS) is 13.2. The van der Waals surface area contributed by atoms with Crippen molar-refractivity contribution < 1.29 is 19.2 Å². The van der Waals surface area contributed by atoms with E-state index in [2.05, 4.69) is 0 Å². The molecule has 0 amide bonds. The summed E-state index contributed by atoms with van der Waals surface area (Å²) in [6, 6.07) is 12.9. The van der Waals surface area contributed by atoms with E-state index in [1.54, 1.807) is 19.1 Å². The number of rotatable bonds is 7. The van der Waals surface area contributed by atoms with E-state index >= 15 is 0 Å². The smallest absolute Gasteiger partial charge is 0.317 e. The van der Waals surface area contributed by atoms with Crippen LogP contribution < -0.4 is 0 Å². The summed E-state index contributed by atoms with van der Waals surface area (Å²) in [5, 5.41) is 13.0. The van der Waals surface area contributed by atoms with Crippen LogP contribution in [0.15, 0.2) is 42.5 Å². The molecule has 2 aromatic rings. The molecule has 2 unspecified atom stereocenters. The predicted molar refractivity (Wildman–Crippen MR) is 89.4 cm³/mol. The second-order valence-electron chi connectivity index (χ2n) is 5.57. The van der Waals surface area contributed by atoms with E-state index < -0.39 is 35.1 Å². The number of fused-ring (bicyclic) bond motifs is 1. The van der Waals surface area contributed by atoms with Crippen molar-refractivity contribution in [1.29, 1.82) is 0 Å². The first-order valence-electron chi connectivity index (χ1n) is 7.71. The Labute approximate surface area is 139 Å². The topological polar surface area (TPSA) is 86.5 Å². The van der Waals surface area contributed by atoms with Gasteiger partial charge in [-0.1, -0.05) is 42.5 Å². The minimum Gasteiger partial charge on any atom is -0.465 e. The molecule has 6 heteroatoms. The zero-order valence-electron chi connectivity index (χ0n) is 13.6. The van der Waals surface area contributed by atoms with Gasteiger partial charge in [0.25, 0.3) is 0 Å². The number of ketones is 1. The van der Waals surface area contributed by atoms with Crippen LogP contribution in [0.2, 0.25) is 0 Å². The average Bonchev–Trinajstić information content (AvgIpc) is 2.53. The number of benzene rings is 2. The molecule has 0 aliphatic carbocycles. The molecule has 0 heterocycles. The molecule has 0 saturated heterocycles. The van der Waals surface area contributed by atoms with Gasteiger partial charge in [-0.2, -0.15) is 0 Å². The van der Waals surface area contributed by atoms with Crippen molar-refractivity contribution in [2.45, 2.75) is 19.8 Å². The molecule has 0 spiro atoms. The summed E-state index contributed by atoms with van der Waals surface area (Å²) in [5.74, 6) is -3.20. The first-order valence-corrected chi connectivity index (χ1v) is 7.71. The van der Waals surface area contributed by atoms with Gasteiger partial charge >= 0.3 is 5.97 Å². The van der Waals surface area contributed by atoms with Crippen LogP contribution in [0, 0.1) is 16.0 Å². The quantitative estimate of drug-likeness (QED) is 0.337. The molecule has 24 heavy (non-hydrogen) atoms. The van der Waals surface area contributed by atoms with Crippen molar-refractivity contribution in [3.8, 4) is 0 Å². The maximum atomic E-state index is 12.2. The summed E-state index contributed by atoms with van der Waals surface area (Å²) < 4.78 is 4.95. The summed E-state index contributed by atoms with van der Waals surface area (Å²) in [4.78, 5) is 34.8. The molecule has 0 aliphatic heterocycles. The van der Waals surface area contributed by atoms with Gasteiger partial charge < -0.3 is 4.74 Å². The Morgan fingerprint density at radius 2 is 1.83 bits per heavy atom. The number of hydrogen-bond donors (Lipinski definition) is 0. The minimum atomic E-state index is -1.18. The Hall–Kier alpha value is -2.76.